The van der Waals surface area contributed by atoms with E-state index in [2.05, 4.69) is 29.4 Å². The molecule has 0 bridgehead atoms. The Kier molecular flexibility index (Phi) is 5.53. The molecular weight excluding hydrogens is 276 g/mol. The molecule has 1 unspecified atom stereocenters. The number of aromatic nitrogens is 1. The number of carbonyl (C=O) groups is 1. The molecule has 0 aliphatic rings. The molecule has 116 valence electrons. The molecule has 4 nitrogen and oxygen atoms in total. The summed E-state index contributed by atoms with van der Waals surface area (Å²) < 4.78 is 5.19. The van der Waals surface area contributed by atoms with Crippen molar-refractivity contribution in [2.45, 2.75) is 26.2 Å². The number of benzene rings is 1. The van der Waals surface area contributed by atoms with Crippen molar-refractivity contribution < 1.29 is 9.53 Å². The minimum atomic E-state index is -0.123. The highest BCUT2D eigenvalue weighted by Gasteiger charge is 2.13. The van der Waals surface area contributed by atoms with Gasteiger partial charge in [0.1, 0.15) is 5.75 Å². The predicted molar refractivity (Wildman–Crippen MR) is 87.3 cm³/mol. The second kappa shape index (κ2) is 7.59. The van der Waals surface area contributed by atoms with Gasteiger partial charge in [-0.05, 0) is 30.9 Å². The fourth-order valence-electron chi connectivity index (χ4n) is 2.33. The van der Waals surface area contributed by atoms with Gasteiger partial charge in [0.15, 0.2) is 0 Å². The van der Waals surface area contributed by atoms with Crippen molar-refractivity contribution in [3.8, 4) is 5.75 Å². The van der Waals surface area contributed by atoms with Crippen LogP contribution < -0.4 is 10.1 Å². The smallest absolute Gasteiger partial charge is 0.255 e. The third-order valence-corrected chi connectivity index (χ3v) is 3.70. The maximum Gasteiger partial charge on any atom is 0.255 e. The number of nitrogens with zero attached hydrogens (tertiary/aromatic N) is 1. The van der Waals surface area contributed by atoms with Crippen LogP contribution in [0, 0.1) is 6.92 Å². The van der Waals surface area contributed by atoms with Crippen molar-refractivity contribution in [1.82, 2.24) is 10.3 Å². The van der Waals surface area contributed by atoms with Crippen molar-refractivity contribution in [3.05, 3.63) is 59.4 Å². The summed E-state index contributed by atoms with van der Waals surface area (Å²) in [5.74, 6) is 0.782. The normalized spacial score (nSPS) is 11.8. The maximum atomic E-state index is 12.3. The number of hydrogen-bond acceptors (Lipinski definition) is 3. The summed E-state index contributed by atoms with van der Waals surface area (Å²) >= 11 is 0. The third-order valence-electron chi connectivity index (χ3n) is 3.70. The molecule has 2 rings (SSSR count). The van der Waals surface area contributed by atoms with E-state index in [-0.39, 0.29) is 5.91 Å². The van der Waals surface area contributed by atoms with Gasteiger partial charge in [-0.15, -0.1) is 0 Å². The number of hydrogen-bond donors (Lipinski definition) is 1. The second-order valence-electron chi connectivity index (χ2n) is 5.38. The van der Waals surface area contributed by atoms with Crippen LogP contribution in [0.3, 0.4) is 0 Å². The highest BCUT2D eigenvalue weighted by atomic mass is 16.5. The molecule has 0 spiro atoms. The number of amides is 1. The van der Waals surface area contributed by atoms with Crippen molar-refractivity contribution in [2.24, 2.45) is 0 Å². The number of rotatable bonds is 6. The van der Waals surface area contributed by atoms with Gasteiger partial charge in [-0.1, -0.05) is 37.3 Å². The van der Waals surface area contributed by atoms with E-state index in [1.165, 1.54) is 5.56 Å². The van der Waals surface area contributed by atoms with Gasteiger partial charge in [-0.25, -0.2) is 0 Å². The summed E-state index contributed by atoms with van der Waals surface area (Å²) in [6.07, 6.45) is 2.47. The van der Waals surface area contributed by atoms with Gasteiger partial charge in [0.05, 0.1) is 18.9 Å². The minimum Gasteiger partial charge on any atom is -0.494 e. The lowest BCUT2D eigenvalue weighted by atomic mass is 9.98. The fourth-order valence-corrected chi connectivity index (χ4v) is 2.33. The lowest BCUT2D eigenvalue weighted by Crippen LogP contribution is -2.26. The van der Waals surface area contributed by atoms with E-state index in [0.29, 0.717) is 23.8 Å². The number of aryl methyl sites for hydroxylation is 1. The molecule has 0 aliphatic heterocycles. The summed E-state index contributed by atoms with van der Waals surface area (Å²) in [6, 6.07) is 12.1. The second-order valence-corrected chi connectivity index (χ2v) is 5.38. The van der Waals surface area contributed by atoms with Crippen LogP contribution in [0.4, 0.5) is 0 Å². The molecule has 1 amide bonds. The van der Waals surface area contributed by atoms with Gasteiger partial charge in [-0.3, -0.25) is 9.78 Å². The Balaban J connectivity index is 1.92. The predicted octanol–water partition coefficient (Wildman–Crippen LogP) is 3.32. The molecule has 0 saturated carbocycles. The molecule has 1 heterocycles. The number of ether oxygens (including phenoxy) is 1. The van der Waals surface area contributed by atoms with Crippen molar-refractivity contribution in [1.29, 1.82) is 0 Å². The molecule has 1 atom stereocenters. The van der Waals surface area contributed by atoms with Crippen LogP contribution in [-0.2, 0) is 0 Å². The summed E-state index contributed by atoms with van der Waals surface area (Å²) in [6.45, 7) is 4.64. The standard InChI is InChI=1S/C18H22N2O2/c1-13(15-7-5-4-6-8-15)9-10-19-18(21)16-11-14(2)20-12-17(16)22-3/h4-8,11-13H,9-10H2,1-3H3,(H,19,21). The first-order valence-corrected chi connectivity index (χ1v) is 7.45. The fraction of sp³-hybridized carbons (Fsp3) is 0.333. The number of pyridine rings is 1. The highest BCUT2D eigenvalue weighted by Crippen LogP contribution is 2.19. The topological polar surface area (TPSA) is 51.2 Å². The average molecular weight is 298 g/mol. The zero-order valence-electron chi connectivity index (χ0n) is 13.3. The molecule has 0 radical (unpaired) electrons. The van der Waals surface area contributed by atoms with Gasteiger partial charge >= 0.3 is 0 Å². The van der Waals surface area contributed by atoms with Crippen molar-refractivity contribution in [3.63, 3.8) is 0 Å². The van der Waals surface area contributed by atoms with Crippen LogP contribution in [0.25, 0.3) is 0 Å². The van der Waals surface area contributed by atoms with Crippen LogP contribution in [0.5, 0.6) is 5.75 Å². The van der Waals surface area contributed by atoms with E-state index >= 15 is 0 Å². The van der Waals surface area contributed by atoms with E-state index in [4.69, 9.17) is 4.74 Å². The van der Waals surface area contributed by atoms with E-state index in [1.54, 1.807) is 19.4 Å². The third kappa shape index (κ3) is 4.07. The van der Waals surface area contributed by atoms with E-state index in [9.17, 15) is 4.79 Å². The summed E-state index contributed by atoms with van der Waals surface area (Å²) in [4.78, 5) is 16.4. The van der Waals surface area contributed by atoms with Gasteiger partial charge in [-0.2, -0.15) is 0 Å². The average Bonchev–Trinajstić information content (AvgIpc) is 2.55. The molecule has 22 heavy (non-hydrogen) atoms. The molecule has 0 saturated heterocycles. The summed E-state index contributed by atoms with van der Waals surface area (Å²) in [7, 11) is 1.54. The van der Waals surface area contributed by atoms with Crippen molar-refractivity contribution in [2.75, 3.05) is 13.7 Å². The molecular formula is C18H22N2O2. The van der Waals surface area contributed by atoms with Gasteiger partial charge in [0.25, 0.3) is 5.91 Å². The summed E-state index contributed by atoms with van der Waals surface area (Å²) in [5, 5.41) is 2.95. The largest absolute Gasteiger partial charge is 0.494 e. The lowest BCUT2D eigenvalue weighted by Gasteiger charge is -2.13. The molecule has 1 aromatic heterocycles. The Morgan fingerprint density at radius 3 is 2.73 bits per heavy atom. The minimum absolute atomic E-state index is 0.123. The van der Waals surface area contributed by atoms with Crippen LogP contribution in [0.15, 0.2) is 42.6 Å². The van der Waals surface area contributed by atoms with Crippen LogP contribution in [0.1, 0.15) is 40.9 Å². The maximum absolute atomic E-state index is 12.3. The first-order valence-electron chi connectivity index (χ1n) is 7.45. The monoisotopic (exact) mass is 298 g/mol. The number of methoxy groups -OCH3 is 1. The van der Waals surface area contributed by atoms with Crippen LogP contribution in [0.2, 0.25) is 0 Å². The van der Waals surface area contributed by atoms with Crippen LogP contribution in [-0.4, -0.2) is 24.5 Å². The van der Waals surface area contributed by atoms with Crippen molar-refractivity contribution >= 4 is 5.91 Å². The Hall–Kier alpha value is -2.36. The number of carbonyl (C=O) groups excluding carboxylic acids is 1. The zero-order valence-corrected chi connectivity index (χ0v) is 13.3. The van der Waals surface area contributed by atoms with Crippen LogP contribution >= 0.6 is 0 Å². The molecule has 4 heteroatoms. The SMILES string of the molecule is COc1cnc(C)cc1C(=O)NCCC(C)c1ccccc1. The van der Waals surface area contributed by atoms with E-state index in [1.807, 2.05) is 25.1 Å². The first kappa shape index (κ1) is 16.0. The molecule has 1 N–H and O–H groups in total. The molecule has 0 fully saturated rings. The van der Waals surface area contributed by atoms with Gasteiger partial charge in [0.2, 0.25) is 0 Å². The quantitative estimate of drug-likeness (QED) is 0.890. The Labute approximate surface area is 131 Å². The lowest BCUT2D eigenvalue weighted by molar-refractivity contribution is 0.0949. The zero-order chi connectivity index (χ0) is 15.9. The first-order chi connectivity index (χ1) is 10.6. The Bertz CT molecular complexity index is 626. The summed E-state index contributed by atoms with van der Waals surface area (Å²) in [5.41, 5.74) is 2.61. The Morgan fingerprint density at radius 1 is 1.32 bits per heavy atom. The van der Waals surface area contributed by atoms with E-state index in [0.717, 1.165) is 12.1 Å². The molecule has 2 aromatic rings. The molecule has 0 aliphatic carbocycles. The number of nitrogens with one attached hydrogen (secondary N) is 1. The highest BCUT2D eigenvalue weighted by molar-refractivity contribution is 5.96. The van der Waals surface area contributed by atoms with Gasteiger partial charge < -0.3 is 10.1 Å². The van der Waals surface area contributed by atoms with E-state index < -0.39 is 0 Å². The Morgan fingerprint density at radius 2 is 2.05 bits per heavy atom. The molecule has 1 aromatic carbocycles. The van der Waals surface area contributed by atoms with Gasteiger partial charge in [0, 0.05) is 12.2 Å².